The molecule has 0 saturated carbocycles. The highest BCUT2D eigenvalue weighted by Crippen LogP contribution is 2.31. The first kappa shape index (κ1) is 18.0. The van der Waals surface area contributed by atoms with Crippen LogP contribution in [0, 0.1) is 0 Å². The van der Waals surface area contributed by atoms with E-state index in [9.17, 15) is 9.59 Å². The Kier molecular flexibility index (Phi) is 5.26. The van der Waals surface area contributed by atoms with Gasteiger partial charge in [-0.05, 0) is 54.2 Å². The number of carboxylic acid groups (broad SMARTS) is 1. The number of carbonyl (C=O) groups excluding carboxylic acids is 1. The number of aryl methyl sites for hydroxylation is 1. The Hall–Kier alpha value is -2.82. The molecule has 1 aliphatic heterocycles. The summed E-state index contributed by atoms with van der Waals surface area (Å²) in [4.78, 5) is 25.5. The van der Waals surface area contributed by atoms with Crippen LogP contribution < -0.4 is 9.64 Å². The number of hydrogen-bond donors (Lipinski definition) is 1. The van der Waals surface area contributed by atoms with Crippen LogP contribution in [0.25, 0.3) is 0 Å². The molecule has 0 bridgehead atoms. The molecular weight excluding hydrogens is 330 g/mol. The molecule has 0 fully saturated rings. The second kappa shape index (κ2) is 7.60. The average molecular weight is 353 g/mol. The van der Waals surface area contributed by atoms with Crippen molar-refractivity contribution in [3.05, 3.63) is 59.2 Å². The Morgan fingerprint density at radius 3 is 2.73 bits per heavy atom. The number of amides is 1. The summed E-state index contributed by atoms with van der Waals surface area (Å²) in [5, 5.41) is 8.73. The van der Waals surface area contributed by atoms with Gasteiger partial charge in [-0.25, -0.2) is 4.79 Å². The first-order chi connectivity index (χ1) is 12.5. The molecule has 1 amide bonds. The van der Waals surface area contributed by atoms with Gasteiger partial charge in [-0.15, -0.1) is 0 Å². The molecule has 0 aliphatic carbocycles. The molecule has 0 radical (unpaired) electrons. The Balaban J connectivity index is 1.85. The van der Waals surface area contributed by atoms with Crippen LogP contribution in [0.1, 0.15) is 47.7 Å². The molecule has 0 saturated heterocycles. The lowest BCUT2D eigenvalue weighted by Crippen LogP contribution is -2.35. The second-order valence-corrected chi connectivity index (χ2v) is 6.81. The number of carbonyl (C=O) groups is 2. The third-order valence-electron chi connectivity index (χ3n) is 4.58. The highest BCUT2D eigenvalue weighted by atomic mass is 16.5. The number of rotatable bonds is 5. The molecule has 3 rings (SSSR count). The van der Waals surface area contributed by atoms with Crippen molar-refractivity contribution >= 4 is 17.6 Å². The fraction of sp³-hybridized carbons (Fsp3) is 0.333. The summed E-state index contributed by atoms with van der Waals surface area (Å²) in [5.74, 6) is -0.309. The van der Waals surface area contributed by atoms with Crippen LogP contribution in [0.4, 0.5) is 5.69 Å². The van der Waals surface area contributed by atoms with E-state index in [0.717, 1.165) is 18.5 Å². The molecule has 26 heavy (non-hydrogen) atoms. The summed E-state index contributed by atoms with van der Waals surface area (Å²) in [5.41, 5.74) is 3.94. The van der Waals surface area contributed by atoms with Gasteiger partial charge >= 0.3 is 5.97 Å². The second-order valence-electron chi connectivity index (χ2n) is 6.81. The maximum absolute atomic E-state index is 13.0. The summed E-state index contributed by atoms with van der Waals surface area (Å²) in [6, 6.07) is 13.0. The van der Waals surface area contributed by atoms with E-state index in [1.54, 1.807) is 29.2 Å². The number of aliphatic carboxylic acids is 1. The number of benzene rings is 2. The molecule has 0 spiro atoms. The van der Waals surface area contributed by atoms with E-state index < -0.39 is 12.6 Å². The normalized spacial score (nSPS) is 13.4. The lowest BCUT2D eigenvalue weighted by molar-refractivity contribution is -0.139. The molecule has 2 aromatic carbocycles. The van der Waals surface area contributed by atoms with E-state index in [1.807, 2.05) is 6.07 Å². The SMILES string of the molecule is CC(C)c1ccc2c(c1)CCCN2C(=O)c1cccc(OCC(=O)O)c1. The van der Waals surface area contributed by atoms with Crippen molar-refractivity contribution in [2.75, 3.05) is 18.1 Å². The van der Waals surface area contributed by atoms with E-state index in [2.05, 4.69) is 26.0 Å². The number of carboxylic acids is 1. The van der Waals surface area contributed by atoms with Crippen LogP contribution in [-0.4, -0.2) is 30.1 Å². The zero-order valence-corrected chi connectivity index (χ0v) is 15.1. The molecule has 1 aliphatic rings. The number of ether oxygens (including phenoxy) is 1. The highest BCUT2D eigenvalue weighted by molar-refractivity contribution is 6.07. The lowest BCUT2D eigenvalue weighted by atomic mass is 9.94. The van der Waals surface area contributed by atoms with Crippen LogP contribution in [0.5, 0.6) is 5.75 Å². The number of fused-ring (bicyclic) bond motifs is 1. The van der Waals surface area contributed by atoms with E-state index >= 15 is 0 Å². The predicted molar refractivity (Wildman–Crippen MR) is 100 cm³/mol. The molecule has 5 nitrogen and oxygen atoms in total. The van der Waals surface area contributed by atoms with Crippen LogP contribution >= 0.6 is 0 Å². The van der Waals surface area contributed by atoms with E-state index in [4.69, 9.17) is 9.84 Å². The molecule has 0 unspecified atom stereocenters. The van der Waals surface area contributed by atoms with Gasteiger partial charge in [0.05, 0.1) is 0 Å². The van der Waals surface area contributed by atoms with E-state index in [1.165, 1.54) is 11.1 Å². The summed E-state index contributed by atoms with van der Waals surface area (Å²) in [6.07, 6.45) is 1.90. The highest BCUT2D eigenvalue weighted by Gasteiger charge is 2.24. The zero-order valence-electron chi connectivity index (χ0n) is 15.1. The fourth-order valence-electron chi connectivity index (χ4n) is 3.21. The average Bonchev–Trinajstić information content (AvgIpc) is 2.65. The summed E-state index contributed by atoms with van der Waals surface area (Å²) in [7, 11) is 0. The Morgan fingerprint density at radius 1 is 1.19 bits per heavy atom. The van der Waals surface area contributed by atoms with Gasteiger partial charge in [-0.3, -0.25) is 4.79 Å². The molecule has 2 aromatic rings. The van der Waals surface area contributed by atoms with Crippen LogP contribution in [0.2, 0.25) is 0 Å². The van der Waals surface area contributed by atoms with Gasteiger partial charge in [0.1, 0.15) is 5.75 Å². The first-order valence-corrected chi connectivity index (χ1v) is 8.85. The van der Waals surface area contributed by atoms with Crippen LogP contribution in [-0.2, 0) is 11.2 Å². The molecule has 136 valence electrons. The quantitative estimate of drug-likeness (QED) is 0.886. The number of nitrogens with zero attached hydrogens (tertiary/aromatic N) is 1. The van der Waals surface area contributed by atoms with Gasteiger partial charge < -0.3 is 14.7 Å². The molecule has 0 aromatic heterocycles. The summed E-state index contributed by atoms with van der Waals surface area (Å²) >= 11 is 0. The standard InChI is InChI=1S/C21H23NO4/c1-14(2)15-8-9-19-16(11-15)6-4-10-22(19)21(25)17-5-3-7-18(12-17)26-13-20(23)24/h3,5,7-9,11-12,14H,4,6,10,13H2,1-2H3,(H,23,24). The Labute approximate surface area is 153 Å². The largest absolute Gasteiger partial charge is 0.482 e. The maximum Gasteiger partial charge on any atom is 0.341 e. The summed E-state index contributed by atoms with van der Waals surface area (Å²) in [6.45, 7) is 4.57. The van der Waals surface area contributed by atoms with Crippen molar-refractivity contribution in [1.29, 1.82) is 0 Å². The third-order valence-corrected chi connectivity index (χ3v) is 4.58. The van der Waals surface area contributed by atoms with Gasteiger partial charge in [0.2, 0.25) is 0 Å². The Bertz CT molecular complexity index is 829. The minimum absolute atomic E-state index is 0.0935. The topological polar surface area (TPSA) is 66.8 Å². The summed E-state index contributed by atoms with van der Waals surface area (Å²) < 4.78 is 5.19. The minimum atomic E-state index is -1.05. The molecule has 1 heterocycles. The van der Waals surface area contributed by atoms with Crippen molar-refractivity contribution in [1.82, 2.24) is 0 Å². The van der Waals surface area contributed by atoms with Gasteiger partial charge in [-0.2, -0.15) is 0 Å². The van der Waals surface area contributed by atoms with Gasteiger partial charge in [0.15, 0.2) is 6.61 Å². The van der Waals surface area contributed by atoms with Crippen molar-refractivity contribution in [3.63, 3.8) is 0 Å². The first-order valence-electron chi connectivity index (χ1n) is 8.85. The van der Waals surface area contributed by atoms with Gasteiger partial charge in [-0.1, -0.05) is 32.0 Å². The predicted octanol–water partition coefficient (Wildman–Crippen LogP) is 3.87. The molecular formula is C21H23NO4. The van der Waals surface area contributed by atoms with Crippen LogP contribution in [0.15, 0.2) is 42.5 Å². The van der Waals surface area contributed by atoms with Crippen LogP contribution in [0.3, 0.4) is 0 Å². The van der Waals surface area contributed by atoms with Gasteiger partial charge in [0, 0.05) is 17.8 Å². The number of anilines is 1. The van der Waals surface area contributed by atoms with E-state index in [0.29, 0.717) is 23.8 Å². The third kappa shape index (κ3) is 3.87. The van der Waals surface area contributed by atoms with E-state index in [-0.39, 0.29) is 5.91 Å². The Morgan fingerprint density at radius 2 is 2.00 bits per heavy atom. The van der Waals surface area contributed by atoms with Crippen molar-refractivity contribution in [2.24, 2.45) is 0 Å². The number of hydrogen-bond acceptors (Lipinski definition) is 3. The smallest absolute Gasteiger partial charge is 0.341 e. The lowest BCUT2D eigenvalue weighted by Gasteiger charge is -2.30. The molecule has 5 heteroatoms. The minimum Gasteiger partial charge on any atom is -0.482 e. The maximum atomic E-state index is 13.0. The zero-order chi connectivity index (χ0) is 18.7. The molecule has 0 atom stereocenters. The van der Waals surface area contributed by atoms with Crippen molar-refractivity contribution in [2.45, 2.75) is 32.6 Å². The fourth-order valence-corrected chi connectivity index (χ4v) is 3.21. The van der Waals surface area contributed by atoms with Crippen molar-refractivity contribution < 1.29 is 19.4 Å². The van der Waals surface area contributed by atoms with Gasteiger partial charge in [0.25, 0.3) is 5.91 Å². The molecule has 1 N–H and O–H groups in total. The monoisotopic (exact) mass is 353 g/mol. The van der Waals surface area contributed by atoms with Crippen molar-refractivity contribution in [3.8, 4) is 5.75 Å².